The van der Waals surface area contributed by atoms with Crippen LogP contribution in [0.3, 0.4) is 0 Å². The van der Waals surface area contributed by atoms with Crippen molar-refractivity contribution in [3.8, 4) is 0 Å². The zero-order valence-corrected chi connectivity index (χ0v) is 12.5. The summed E-state index contributed by atoms with van der Waals surface area (Å²) in [5.41, 5.74) is 0. The minimum absolute atomic E-state index is 0.142. The molecule has 122 valence electrons. The molecule has 0 aromatic rings. The molecule has 0 rings (SSSR count). The second-order valence-electron chi connectivity index (χ2n) is 4.72. The zero-order chi connectivity index (χ0) is 16.1. The van der Waals surface area contributed by atoms with Gasteiger partial charge in [-0.2, -0.15) is 0 Å². The highest BCUT2D eigenvalue weighted by molar-refractivity contribution is 5.87. The summed E-state index contributed by atoms with van der Waals surface area (Å²) in [5.74, 6) is -1.36. The summed E-state index contributed by atoms with van der Waals surface area (Å²) >= 11 is 0. The van der Waals surface area contributed by atoms with Crippen molar-refractivity contribution >= 4 is 11.9 Å². The SMILES string of the molecule is CCCCC/C=C/C(=O)NCCN(CC(=O)O)C(O)CO. The molecule has 7 heteroatoms. The molecule has 1 unspecified atom stereocenters. The molecule has 4 N–H and O–H groups in total. The van der Waals surface area contributed by atoms with Gasteiger partial charge in [0.15, 0.2) is 0 Å². The highest BCUT2D eigenvalue weighted by Crippen LogP contribution is 1.99. The van der Waals surface area contributed by atoms with Gasteiger partial charge in [0.05, 0.1) is 13.2 Å². The summed E-state index contributed by atoms with van der Waals surface area (Å²) in [7, 11) is 0. The molecule has 0 aromatic heterocycles. The standard InChI is InChI=1S/C14H26N2O5/c1-2-3-4-5-6-7-12(18)15-8-9-16(10-14(20)21)13(19)11-17/h6-7,13,17,19H,2-5,8-11H2,1H3,(H,15,18)(H,20,21)/b7-6+. The molecule has 0 fully saturated rings. The van der Waals surface area contributed by atoms with E-state index in [4.69, 9.17) is 10.2 Å². The predicted molar refractivity (Wildman–Crippen MR) is 78.6 cm³/mol. The fourth-order valence-corrected chi connectivity index (χ4v) is 1.71. The summed E-state index contributed by atoms with van der Waals surface area (Å²) in [4.78, 5) is 23.3. The van der Waals surface area contributed by atoms with Crippen molar-refractivity contribution < 1.29 is 24.9 Å². The fourth-order valence-electron chi connectivity index (χ4n) is 1.71. The lowest BCUT2D eigenvalue weighted by Crippen LogP contribution is -2.45. The van der Waals surface area contributed by atoms with Crippen LogP contribution in [0.1, 0.15) is 32.6 Å². The Bertz CT molecular complexity index is 333. The number of amides is 1. The molecular weight excluding hydrogens is 276 g/mol. The average molecular weight is 302 g/mol. The third-order valence-corrected chi connectivity index (χ3v) is 2.86. The Morgan fingerprint density at radius 1 is 1.33 bits per heavy atom. The van der Waals surface area contributed by atoms with Gasteiger partial charge in [-0.05, 0) is 18.9 Å². The molecular formula is C14H26N2O5. The van der Waals surface area contributed by atoms with E-state index in [9.17, 15) is 14.7 Å². The second-order valence-corrected chi connectivity index (χ2v) is 4.72. The van der Waals surface area contributed by atoms with Gasteiger partial charge in [0, 0.05) is 13.1 Å². The third kappa shape index (κ3) is 10.9. The number of nitrogens with zero attached hydrogens (tertiary/aromatic N) is 1. The number of carboxylic acids is 1. The van der Waals surface area contributed by atoms with Gasteiger partial charge in [-0.25, -0.2) is 0 Å². The molecule has 0 radical (unpaired) electrons. The van der Waals surface area contributed by atoms with Crippen molar-refractivity contribution in [2.24, 2.45) is 0 Å². The molecule has 1 atom stereocenters. The van der Waals surface area contributed by atoms with Crippen molar-refractivity contribution in [1.82, 2.24) is 10.2 Å². The van der Waals surface area contributed by atoms with E-state index in [1.54, 1.807) is 0 Å². The van der Waals surface area contributed by atoms with E-state index in [2.05, 4.69) is 12.2 Å². The summed E-state index contributed by atoms with van der Waals surface area (Å²) in [6, 6.07) is 0. The smallest absolute Gasteiger partial charge is 0.317 e. The van der Waals surface area contributed by atoms with E-state index in [0.29, 0.717) is 0 Å². The molecule has 0 aliphatic heterocycles. The van der Waals surface area contributed by atoms with Crippen LogP contribution < -0.4 is 5.32 Å². The van der Waals surface area contributed by atoms with Gasteiger partial charge in [0.2, 0.25) is 5.91 Å². The van der Waals surface area contributed by atoms with Gasteiger partial charge < -0.3 is 20.6 Å². The van der Waals surface area contributed by atoms with Gasteiger partial charge in [-0.1, -0.05) is 25.8 Å². The average Bonchev–Trinajstić information content (AvgIpc) is 2.44. The molecule has 1 amide bonds. The molecule has 21 heavy (non-hydrogen) atoms. The molecule has 0 saturated carbocycles. The minimum atomic E-state index is -1.25. The molecule has 0 saturated heterocycles. The van der Waals surface area contributed by atoms with Crippen LogP contribution in [0.4, 0.5) is 0 Å². The Hall–Kier alpha value is -1.44. The topological polar surface area (TPSA) is 110 Å². The maximum absolute atomic E-state index is 11.5. The van der Waals surface area contributed by atoms with Crippen LogP contribution in [0.2, 0.25) is 0 Å². The first-order valence-corrected chi connectivity index (χ1v) is 7.20. The molecule has 0 bridgehead atoms. The number of unbranched alkanes of at least 4 members (excludes halogenated alkanes) is 3. The number of aliphatic hydroxyl groups is 2. The van der Waals surface area contributed by atoms with Crippen molar-refractivity contribution in [2.45, 2.75) is 38.8 Å². The summed E-state index contributed by atoms with van der Waals surface area (Å²) < 4.78 is 0. The number of allylic oxidation sites excluding steroid dienone is 1. The van der Waals surface area contributed by atoms with Gasteiger partial charge in [0.1, 0.15) is 6.23 Å². The largest absolute Gasteiger partial charge is 0.480 e. The monoisotopic (exact) mass is 302 g/mol. The maximum Gasteiger partial charge on any atom is 0.317 e. The van der Waals surface area contributed by atoms with Crippen LogP contribution in [0, 0.1) is 0 Å². The van der Waals surface area contributed by atoms with E-state index in [1.165, 1.54) is 11.0 Å². The number of hydrogen-bond acceptors (Lipinski definition) is 5. The van der Waals surface area contributed by atoms with Gasteiger partial charge in [-0.15, -0.1) is 0 Å². The first kappa shape index (κ1) is 19.6. The Morgan fingerprint density at radius 3 is 2.62 bits per heavy atom. The third-order valence-electron chi connectivity index (χ3n) is 2.86. The Morgan fingerprint density at radius 2 is 2.05 bits per heavy atom. The van der Waals surface area contributed by atoms with Crippen molar-refractivity contribution in [2.75, 3.05) is 26.2 Å². The Balaban J connectivity index is 3.96. The van der Waals surface area contributed by atoms with E-state index >= 15 is 0 Å². The number of carbonyl (C=O) groups is 2. The molecule has 0 spiro atoms. The number of aliphatic hydroxyl groups excluding tert-OH is 2. The van der Waals surface area contributed by atoms with Crippen LogP contribution in [0.15, 0.2) is 12.2 Å². The van der Waals surface area contributed by atoms with E-state index in [-0.39, 0.29) is 19.0 Å². The molecule has 0 heterocycles. The van der Waals surface area contributed by atoms with E-state index in [0.717, 1.165) is 25.7 Å². The van der Waals surface area contributed by atoms with Gasteiger partial charge in [-0.3, -0.25) is 14.5 Å². The van der Waals surface area contributed by atoms with Crippen molar-refractivity contribution in [3.63, 3.8) is 0 Å². The highest BCUT2D eigenvalue weighted by atomic mass is 16.4. The minimum Gasteiger partial charge on any atom is -0.480 e. The molecule has 0 aromatic carbocycles. The van der Waals surface area contributed by atoms with Gasteiger partial charge >= 0.3 is 5.97 Å². The fraction of sp³-hybridized carbons (Fsp3) is 0.714. The van der Waals surface area contributed by atoms with Crippen LogP contribution >= 0.6 is 0 Å². The lowest BCUT2D eigenvalue weighted by Gasteiger charge is -2.24. The number of carbonyl (C=O) groups excluding carboxylic acids is 1. The summed E-state index contributed by atoms with van der Waals surface area (Å²) in [6.45, 7) is 1.50. The maximum atomic E-state index is 11.5. The van der Waals surface area contributed by atoms with E-state index in [1.807, 2.05) is 6.08 Å². The van der Waals surface area contributed by atoms with Crippen molar-refractivity contribution in [3.05, 3.63) is 12.2 Å². The first-order chi connectivity index (χ1) is 10.0. The summed E-state index contributed by atoms with van der Waals surface area (Å²) in [5, 5.41) is 29.6. The van der Waals surface area contributed by atoms with Crippen LogP contribution in [0.5, 0.6) is 0 Å². The first-order valence-electron chi connectivity index (χ1n) is 7.20. The van der Waals surface area contributed by atoms with Crippen LogP contribution in [-0.4, -0.2) is 64.6 Å². The Kier molecular flexibility index (Phi) is 11.5. The second kappa shape index (κ2) is 12.3. The highest BCUT2D eigenvalue weighted by Gasteiger charge is 2.17. The number of carboxylic acid groups (broad SMARTS) is 1. The number of rotatable bonds is 12. The number of aliphatic carboxylic acids is 1. The Labute approximate surface area is 125 Å². The van der Waals surface area contributed by atoms with Crippen molar-refractivity contribution in [1.29, 1.82) is 0 Å². The quantitative estimate of drug-likeness (QED) is 0.228. The number of hydrogen-bond donors (Lipinski definition) is 4. The van der Waals surface area contributed by atoms with Crippen LogP contribution in [0.25, 0.3) is 0 Å². The molecule has 7 nitrogen and oxygen atoms in total. The lowest BCUT2D eigenvalue weighted by molar-refractivity contribution is -0.142. The van der Waals surface area contributed by atoms with Crippen LogP contribution in [-0.2, 0) is 9.59 Å². The molecule has 0 aliphatic rings. The summed E-state index contributed by atoms with van der Waals surface area (Å²) in [6.07, 6.45) is 6.19. The normalized spacial score (nSPS) is 12.8. The number of nitrogens with one attached hydrogen (secondary N) is 1. The lowest BCUT2D eigenvalue weighted by atomic mass is 10.2. The molecule has 0 aliphatic carbocycles. The van der Waals surface area contributed by atoms with Gasteiger partial charge in [0.25, 0.3) is 0 Å². The zero-order valence-electron chi connectivity index (χ0n) is 12.5. The van der Waals surface area contributed by atoms with E-state index < -0.39 is 25.3 Å². The predicted octanol–water partition coefficient (Wildman–Crippen LogP) is -0.0636.